The van der Waals surface area contributed by atoms with Crippen molar-refractivity contribution >= 4 is 0 Å². The molecule has 0 bridgehead atoms. The molecule has 2 atom stereocenters. The van der Waals surface area contributed by atoms with Crippen LogP contribution in [-0.2, 0) is 4.74 Å². The zero-order valence-electron chi connectivity index (χ0n) is 11.5. The zero-order valence-corrected chi connectivity index (χ0v) is 11.5. The smallest absolute Gasteiger partial charge is 0.0468 e. The molecule has 1 heterocycles. The third-order valence-corrected chi connectivity index (χ3v) is 3.97. The first-order valence-electron chi connectivity index (χ1n) is 6.96. The molecule has 0 radical (unpaired) electrons. The third kappa shape index (κ3) is 4.42. The summed E-state index contributed by atoms with van der Waals surface area (Å²) in [6.07, 6.45) is 3.90. The predicted molar refractivity (Wildman–Crippen MR) is 69.6 cm³/mol. The normalized spacial score (nSPS) is 22.3. The minimum absolute atomic E-state index is 0.646. The molecular weight excluding hydrogens is 198 g/mol. The second-order valence-electron chi connectivity index (χ2n) is 5.55. The van der Waals surface area contributed by atoms with Crippen LogP contribution in [0.1, 0.15) is 47.0 Å². The Morgan fingerprint density at radius 3 is 2.31 bits per heavy atom. The van der Waals surface area contributed by atoms with Crippen molar-refractivity contribution in [2.24, 2.45) is 17.8 Å². The lowest BCUT2D eigenvalue weighted by Crippen LogP contribution is -2.37. The van der Waals surface area contributed by atoms with E-state index in [0.29, 0.717) is 6.04 Å². The molecule has 0 amide bonds. The summed E-state index contributed by atoms with van der Waals surface area (Å²) in [7, 11) is 0. The Hall–Kier alpha value is -0.0800. The van der Waals surface area contributed by atoms with Crippen LogP contribution in [0.25, 0.3) is 0 Å². The van der Waals surface area contributed by atoms with Gasteiger partial charge in [-0.25, -0.2) is 0 Å². The van der Waals surface area contributed by atoms with Gasteiger partial charge in [0.1, 0.15) is 0 Å². The number of hydrogen-bond acceptors (Lipinski definition) is 2. The largest absolute Gasteiger partial charge is 0.381 e. The van der Waals surface area contributed by atoms with Gasteiger partial charge in [0.15, 0.2) is 0 Å². The minimum Gasteiger partial charge on any atom is -0.381 e. The molecular formula is C14H29NO. The molecule has 0 aliphatic carbocycles. The molecule has 0 spiro atoms. The van der Waals surface area contributed by atoms with E-state index in [9.17, 15) is 0 Å². The molecule has 2 unspecified atom stereocenters. The summed E-state index contributed by atoms with van der Waals surface area (Å²) in [5.74, 6) is 2.47. The Morgan fingerprint density at radius 2 is 1.81 bits per heavy atom. The van der Waals surface area contributed by atoms with Crippen molar-refractivity contribution in [2.75, 3.05) is 19.8 Å². The lowest BCUT2D eigenvalue weighted by atomic mass is 9.79. The minimum atomic E-state index is 0.646. The number of hydrogen-bond donors (Lipinski definition) is 1. The van der Waals surface area contributed by atoms with E-state index >= 15 is 0 Å². The van der Waals surface area contributed by atoms with Gasteiger partial charge >= 0.3 is 0 Å². The Balaban J connectivity index is 2.42. The predicted octanol–water partition coefficient (Wildman–Crippen LogP) is 3.07. The highest BCUT2D eigenvalue weighted by atomic mass is 16.5. The van der Waals surface area contributed by atoms with Gasteiger partial charge in [0.05, 0.1) is 0 Å². The van der Waals surface area contributed by atoms with Gasteiger partial charge in [-0.1, -0.05) is 20.8 Å². The van der Waals surface area contributed by atoms with Crippen molar-refractivity contribution in [2.45, 2.75) is 53.0 Å². The van der Waals surface area contributed by atoms with Crippen molar-refractivity contribution in [1.82, 2.24) is 5.32 Å². The summed E-state index contributed by atoms with van der Waals surface area (Å²) >= 11 is 0. The molecule has 0 aromatic heterocycles. The average molecular weight is 227 g/mol. The summed E-state index contributed by atoms with van der Waals surface area (Å²) in [5.41, 5.74) is 0. The van der Waals surface area contributed by atoms with E-state index in [4.69, 9.17) is 4.74 Å². The first kappa shape index (κ1) is 14.0. The fourth-order valence-corrected chi connectivity index (χ4v) is 2.89. The maximum absolute atomic E-state index is 5.43. The molecule has 1 fully saturated rings. The van der Waals surface area contributed by atoms with Crippen molar-refractivity contribution in [3.63, 3.8) is 0 Å². The van der Waals surface area contributed by atoms with E-state index in [-0.39, 0.29) is 0 Å². The molecule has 96 valence electrons. The maximum atomic E-state index is 5.43. The van der Waals surface area contributed by atoms with Gasteiger partial charge in [0.2, 0.25) is 0 Å². The lowest BCUT2D eigenvalue weighted by Gasteiger charge is -2.33. The Morgan fingerprint density at radius 1 is 1.19 bits per heavy atom. The van der Waals surface area contributed by atoms with Gasteiger partial charge < -0.3 is 10.1 Å². The summed E-state index contributed by atoms with van der Waals surface area (Å²) in [4.78, 5) is 0. The highest BCUT2D eigenvalue weighted by molar-refractivity contribution is 4.78. The molecule has 0 aromatic carbocycles. The van der Waals surface area contributed by atoms with Gasteiger partial charge in [-0.05, 0) is 50.5 Å². The van der Waals surface area contributed by atoms with E-state index in [1.165, 1.54) is 19.3 Å². The Kier molecular flexibility index (Phi) is 6.37. The van der Waals surface area contributed by atoms with Crippen LogP contribution in [-0.4, -0.2) is 25.8 Å². The summed E-state index contributed by atoms with van der Waals surface area (Å²) in [5, 5.41) is 3.59. The summed E-state index contributed by atoms with van der Waals surface area (Å²) < 4.78 is 5.43. The van der Waals surface area contributed by atoms with Crippen molar-refractivity contribution in [3.05, 3.63) is 0 Å². The average Bonchev–Trinajstić information content (AvgIpc) is 2.27. The van der Waals surface area contributed by atoms with Crippen LogP contribution in [0.15, 0.2) is 0 Å². The first-order chi connectivity index (χ1) is 7.65. The SMILES string of the molecule is CCNC(C)C(CC1CCOCC1)C(C)C. The monoisotopic (exact) mass is 227 g/mol. The second kappa shape index (κ2) is 7.29. The van der Waals surface area contributed by atoms with E-state index in [1.807, 2.05) is 0 Å². The van der Waals surface area contributed by atoms with Crippen LogP contribution in [0.4, 0.5) is 0 Å². The van der Waals surface area contributed by atoms with E-state index in [2.05, 4.69) is 33.0 Å². The first-order valence-corrected chi connectivity index (χ1v) is 6.96. The Labute approximate surface area is 101 Å². The fraction of sp³-hybridized carbons (Fsp3) is 1.00. The van der Waals surface area contributed by atoms with E-state index in [1.54, 1.807) is 0 Å². The fourth-order valence-electron chi connectivity index (χ4n) is 2.89. The standard InChI is InChI=1S/C14H29NO/c1-5-15-12(4)14(11(2)3)10-13-6-8-16-9-7-13/h11-15H,5-10H2,1-4H3. The van der Waals surface area contributed by atoms with Crippen molar-refractivity contribution < 1.29 is 4.74 Å². The molecule has 1 rings (SSSR count). The molecule has 1 aliphatic heterocycles. The van der Waals surface area contributed by atoms with Crippen molar-refractivity contribution in [1.29, 1.82) is 0 Å². The third-order valence-electron chi connectivity index (χ3n) is 3.97. The van der Waals surface area contributed by atoms with Gasteiger partial charge in [-0.3, -0.25) is 0 Å². The van der Waals surface area contributed by atoms with Crippen LogP contribution in [0.3, 0.4) is 0 Å². The van der Waals surface area contributed by atoms with E-state index in [0.717, 1.165) is 37.5 Å². The summed E-state index contributed by atoms with van der Waals surface area (Å²) in [6, 6.07) is 0.646. The second-order valence-corrected chi connectivity index (χ2v) is 5.55. The summed E-state index contributed by atoms with van der Waals surface area (Å²) in [6.45, 7) is 12.3. The zero-order chi connectivity index (χ0) is 12.0. The highest BCUT2D eigenvalue weighted by Gasteiger charge is 2.25. The molecule has 1 aliphatic rings. The van der Waals surface area contributed by atoms with Crippen LogP contribution < -0.4 is 5.32 Å². The topological polar surface area (TPSA) is 21.3 Å². The van der Waals surface area contributed by atoms with Crippen molar-refractivity contribution in [3.8, 4) is 0 Å². The lowest BCUT2D eigenvalue weighted by molar-refractivity contribution is 0.0528. The van der Waals surface area contributed by atoms with Crippen LogP contribution >= 0.6 is 0 Å². The number of ether oxygens (including phenoxy) is 1. The molecule has 2 nitrogen and oxygen atoms in total. The molecule has 2 heteroatoms. The Bertz CT molecular complexity index is 176. The van der Waals surface area contributed by atoms with Crippen LogP contribution in [0, 0.1) is 17.8 Å². The molecule has 1 N–H and O–H groups in total. The van der Waals surface area contributed by atoms with Gasteiger partial charge in [-0.2, -0.15) is 0 Å². The molecule has 0 saturated carbocycles. The van der Waals surface area contributed by atoms with Gasteiger partial charge in [-0.15, -0.1) is 0 Å². The maximum Gasteiger partial charge on any atom is 0.0468 e. The molecule has 0 aromatic rings. The number of nitrogens with one attached hydrogen (secondary N) is 1. The highest BCUT2D eigenvalue weighted by Crippen LogP contribution is 2.29. The van der Waals surface area contributed by atoms with E-state index < -0.39 is 0 Å². The number of rotatable bonds is 6. The molecule has 1 saturated heterocycles. The van der Waals surface area contributed by atoms with Gasteiger partial charge in [0.25, 0.3) is 0 Å². The van der Waals surface area contributed by atoms with Gasteiger partial charge in [0, 0.05) is 19.3 Å². The quantitative estimate of drug-likeness (QED) is 0.753. The molecule has 16 heavy (non-hydrogen) atoms. The van der Waals surface area contributed by atoms with Crippen LogP contribution in [0.2, 0.25) is 0 Å². The van der Waals surface area contributed by atoms with Crippen LogP contribution in [0.5, 0.6) is 0 Å².